The Labute approximate surface area is 199 Å². The Morgan fingerprint density at radius 3 is 2.30 bits per heavy atom. The molecule has 0 spiro atoms. The Bertz CT molecular complexity index is 545. The largest absolute Gasteiger partial charge is 1.00 e. The minimum absolute atomic E-state index is 0. The number of aldehydes is 1. The summed E-state index contributed by atoms with van der Waals surface area (Å²) in [6.45, 7) is 0. The molecule has 2 rings (SSSR count). The van der Waals surface area contributed by atoms with E-state index in [9.17, 15) is 9.18 Å². The number of nitrogens with zero attached hydrogens (tertiary/aromatic N) is 2. The molecule has 6 nitrogen and oxygen atoms in total. The number of carboxylic acid groups (broad SMARTS) is 2. The van der Waals surface area contributed by atoms with Crippen molar-refractivity contribution in [2.75, 3.05) is 0 Å². The number of hydrogen-bond acceptors (Lipinski definition) is 5. The van der Waals surface area contributed by atoms with Crippen LogP contribution in [0.1, 0.15) is 10.4 Å². The molecule has 0 radical (unpaired) electrons. The van der Waals surface area contributed by atoms with Gasteiger partial charge in [-0.15, -0.1) is 0 Å². The third kappa shape index (κ3) is 8.12. The number of aromatic nitrogens is 2. The SMILES string of the molecule is O=C([O-])[O-].O=Cc1ccc(-n2ccnc2)c(F)c1.[K+].[K+]. The van der Waals surface area contributed by atoms with Crippen molar-refractivity contribution >= 4 is 12.4 Å². The Kier molecular flexibility index (Phi) is 13.9. The van der Waals surface area contributed by atoms with Gasteiger partial charge in [0.15, 0.2) is 0 Å². The maximum absolute atomic E-state index is 13.4. The van der Waals surface area contributed by atoms with Crippen molar-refractivity contribution in [3.63, 3.8) is 0 Å². The van der Waals surface area contributed by atoms with Crippen molar-refractivity contribution in [3.8, 4) is 5.69 Å². The van der Waals surface area contributed by atoms with Gasteiger partial charge in [-0.2, -0.15) is 0 Å². The van der Waals surface area contributed by atoms with Crippen LogP contribution in [0.15, 0.2) is 36.9 Å². The third-order valence-electron chi connectivity index (χ3n) is 1.89. The van der Waals surface area contributed by atoms with Crippen LogP contribution in [0, 0.1) is 5.82 Å². The van der Waals surface area contributed by atoms with E-state index in [4.69, 9.17) is 15.0 Å². The van der Waals surface area contributed by atoms with Crippen molar-refractivity contribution in [1.82, 2.24) is 9.55 Å². The Morgan fingerprint density at radius 2 is 1.90 bits per heavy atom. The fourth-order valence-corrected chi connectivity index (χ4v) is 1.21. The van der Waals surface area contributed by atoms with Crippen LogP contribution in [0.3, 0.4) is 0 Å². The van der Waals surface area contributed by atoms with Crippen molar-refractivity contribution < 1.29 is 127 Å². The van der Waals surface area contributed by atoms with Crippen molar-refractivity contribution in [2.24, 2.45) is 0 Å². The molecule has 94 valence electrons. The summed E-state index contributed by atoms with van der Waals surface area (Å²) in [6.07, 6.45) is 2.98. The van der Waals surface area contributed by atoms with Gasteiger partial charge < -0.3 is 19.6 Å². The molecule has 9 heteroatoms. The van der Waals surface area contributed by atoms with E-state index in [1.807, 2.05) is 0 Å². The summed E-state index contributed by atoms with van der Waals surface area (Å²) in [7, 11) is 0. The molecule has 20 heavy (non-hydrogen) atoms. The average molecular weight is 328 g/mol. The van der Waals surface area contributed by atoms with Crippen LogP contribution in [0.2, 0.25) is 0 Å². The molecule has 0 aliphatic heterocycles. The molecule has 1 heterocycles. The predicted octanol–water partition coefficient (Wildman–Crippen LogP) is -6.62. The number of hydrogen-bond donors (Lipinski definition) is 0. The van der Waals surface area contributed by atoms with Crippen LogP contribution >= 0.6 is 0 Å². The van der Waals surface area contributed by atoms with E-state index in [1.54, 1.807) is 29.1 Å². The van der Waals surface area contributed by atoms with Gasteiger partial charge in [0.1, 0.15) is 12.1 Å². The van der Waals surface area contributed by atoms with E-state index >= 15 is 0 Å². The minimum atomic E-state index is -2.33. The molecule has 0 saturated heterocycles. The summed E-state index contributed by atoms with van der Waals surface area (Å²) in [5.41, 5.74) is 0.708. The van der Waals surface area contributed by atoms with E-state index in [-0.39, 0.29) is 103 Å². The standard InChI is InChI=1S/C10H7FN2O.CH2O3.2K/c11-9-5-8(6-14)1-2-10(9)13-4-3-12-7-13;2-1(3)4;;/h1-7H;(H2,2,3,4);;/q;;2*+1/p-2. The molecule has 0 atom stereocenters. The molecular weight excluding hydrogens is 321 g/mol. The first kappa shape index (κ1) is 22.8. The van der Waals surface area contributed by atoms with Gasteiger partial charge in [-0.25, -0.2) is 9.37 Å². The minimum Gasteiger partial charge on any atom is -0.652 e. The van der Waals surface area contributed by atoms with Crippen LogP contribution in [-0.4, -0.2) is 22.0 Å². The summed E-state index contributed by atoms with van der Waals surface area (Å²) in [5, 5.41) is 16.7. The zero-order valence-corrected chi connectivity index (χ0v) is 17.2. The fraction of sp³-hybridized carbons (Fsp3) is 0. The summed E-state index contributed by atoms with van der Waals surface area (Å²) < 4.78 is 14.9. The Morgan fingerprint density at radius 1 is 1.30 bits per heavy atom. The number of carbonyl (C=O) groups excluding carboxylic acids is 2. The molecule has 0 saturated carbocycles. The first-order valence-electron chi connectivity index (χ1n) is 4.65. The Balaban J connectivity index is 0. The smallest absolute Gasteiger partial charge is 0.652 e. The maximum atomic E-state index is 13.4. The average Bonchev–Trinajstić information content (AvgIpc) is 2.81. The van der Waals surface area contributed by atoms with Crippen LogP contribution in [0.4, 0.5) is 9.18 Å². The molecule has 2 aromatic rings. The van der Waals surface area contributed by atoms with Crippen LogP contribution in [0.25, 0.3) is 5.69 Å². The van der Waals surface area contributed by atoms with E-state index in [0.717, 1.165) is 0 Å². The van der Waals surface area contributed by atoms with E-state index in [0.29, 0.717) is 17.5 Å². The number of rotatable bonds is 2. The van der Waals surface area contributed by atoms with Crippen LogP contribution in [0.5, 0.6) is 0 Å². The second-order valence-electron chi connectivity index (χ2n) is 3.05. The number of benzene rings is 1. The van der Waals surface area contributed by atoms with Crippen molar-refractivity contribution in [2.45, 2.75) is 0 Å². The molecule has 1 aromatic carbocycles. The van der Waals surface area contributed by atoms with Crippen LogP contribution < -0.4 is 113 Å². The Hall–Kier alpha value is 0.573. The van der Waals surface area contributed by atoms with Gasteiger partial charge in [-0.3, -0.25) is 4.79 Å². The topological polar surface area (TPSA) is 98.1 Å². The van der Waals surface area contributed by atoms with Crippen molar-refractivity contribution in [1.29, 1.82) is 0 Å². The molecule has 0 amide bonds. The third-order valence-corrected chi connectivity index (χ3v) is 1.89. The maximum Gasteiger partial charge on any atom is 1.00 e. The van der Waals surface area contributed by atoms with Crippen molar-refractivity contribution in [3.05, 3.63) is 48.3 Å². The van der Waals surface area contributed by atoms with Gasteiger partial charge in [-0.1, -0.05) is 0 Å². The quantitative estimate of drug-likeness (QED) is 0.403. The van der Waals surface area contributed by atoms with Crippen LogP contribution in [-0.2, 0) is 0 Å². The van der Waals surface area contributed by atoms with Gasteiger partial charge >= 0.3 is 103 Å². The summed E-state index contributed by atoms with van der Waals surface area (Å²) in [4.78, 5) is 22.5. The molecule has 0 aliphatic carbocycles. The van der Waals surface area contributed by atoms with Gasteiger partial charge in [0.05, 0.1) is 12.0 Å². The fourth-order valence-electron chi connectivity index (χ4n) is 1.21. The molecule has 0 unspecified atom stereocenters. The zero-order chi connectivity index (χ0) is 13.5. The summed E-state index contributed by atoms with van der Waals surface area (Å²) in [5.74, 6) is -0.437. The molecule has 0 bridgehead atoms. The molecular formula is C11H7FK2N2O4. The summed E-state index contributed by atoms with van der Waals surface area (Å²) in [6, 6.07) is 4.30. The number of halogens is 1. The normalized spacial score (nSPS) is 8.25. The molecule has 1 aromatic heterocycles. The first-order chi connectivity index (χ1) is 8.54. The van der Waals surface area contributed by atoms with Gasteiger partial charge in [0, 0.05) is 18.0 Å². The van der Waals surface area contributed by atoms with E-state index in [1.165, 1.54) is 12.4 Å². The monoisotopic (exact) mass is 328 g/mol. The zero-order valence-electron chi connectivity index (χ0n) is 10.9. The first-order valence-corrected chi connectivity index (χ1v) is 4.65. The number of imidazole rings is 1. The van der Waals surface area contributed by atoms with E-state index in [2.05, 4.69) is 4.98 Å². The second-order valence-corrected chi connectivity index (χ2v) is 3.05. The van der Waals surface area contributed by atoms with Gasteiger partial charge in [0.2, 0.25) is 0 Å². The van der Waals surface area contributed by atoms with Gasteiger partial charge in [-0.05, 0) is 24.4 Å². The van der Waals surface area contributed by atoms with E-state index < -0.39 is 12.0 Å². The van der Waals surface area contributed by atoms with Gasteiger partial charge in [0.25, 0.3) is 0 Å². The second kappa shape index (κ2) is 12.2. The molecule has 0 N–H and O–H groups in total. The number of carbonyl (C=O) groups is 2. The predicted molar refractivity (Wildman–Crippen MR) is 54.3 cm³/mol. The molecule has 0 fully saturated rings. The summed E-state index contributed by atoms with van der Waals surface area (Å²) >= 11 is 0. The molecule has 0 aliphatic rings.